The van der Waals surface area contributed by atoms with Crippen molar-refractivity contribution in [2.24, 2.45) is 4.99 Å². The predicted octanol–water partition coefficient (Wildman–Crippen LogP) is 3.35. The Kier molecular flexibility index (Phi) is 3.53. The maximum atomic E-state index is 11.2. The molecule has 3 nitrogen and oxygen atoms in total. The van der Waals surface area contributed by atoms with Crippen molar-refractivity contribution in [1.29, 1.82) is 0 Å². The molecular formula is C15H13NO2. The minimum atomic E-state index is 0.0247. The van der Waals surface area contributed by atoms with Crippen LogP contribution in [0.5, 0.6) is 5.75 Å². The molecule has 0 aromatic heterocycles. The van der Waals surface area contributed by atoms with Gasteiger partial charge in [0.15, 0.2) is 5.78 Å². The van der Waals surface area contributed by atoms with E-state index in [0.29, 0.717) is 5.56 Å². The molecule has 0 unspecified atom stereocenters. The number of hydrogen-bond acceptors (Lipinski definition) is 3. The Balaban J connectivity index is 2.20. The maximum Gasteiger partial charge on any atom is 0.159 e. The molecule has 0 aliphatic heterocycles. The lowest BCUT2D eigenvalue weighted by Gasteiger charge is -1.98. The summed E-state index contributed by atoms with van der Waals surface area (Å²) in [7, 11) is 0. The first-order valence-corrected chi connectivity index (χ1v) is 5.59. The maximum absolute atomic E-state index is 11.2. The van der Waals surface area contributed by atoms with Crippen LogP contribution >= 0.6 is 0 Å². The Morgan fingerprint density at radius 2 is 1.89 bits per heavy atom. The number of aromatic hydroxyl groups is 1. The van der Waals surface area contributed by atoms with E-state index < -0.39 is 0 Å². The largest absolute Gasteiger partial charge is 0.508 e. The molecule has 0 saturated carbocycles. The highest BCUT2D eigenvalue weighted by atomic mass is 16.3. The van der Waals surface area contributed by atoms with Gasteiger partial charge in [-0.3, -0.25) is 9.79 Å². The van der Waals surface area contributed by atoms with Gasteiger partial charge in [-0.05, 0) is 48.9 Å². The lowest BCUT2D eigenvalue weighted by molar-refractivity contribution is 0.101. The van der Waals surface area contributed by atoms with E-state index in [1.54, 1.807) is 48.7 Å². The van der Waals surface area contributed by atoms with Crippen LogP contribution in [0.1, 0.15) is 22.8 Å². The highest BCUT2D eigenvalue weighted by Gasteiger charge is 1.98. The topological polar surface area (TPSA) is 49.7 Å². The van der Waals surface area contributed by atoms with Gasteiger partial charge >= 0.3 is 0 Å². The van der Waals surface area contributed by atoms with Crippen LogP contribution in [0.15, 0.2) is 53.5 Å². The van der Waals surface area contributed by atoms with E-state index in [0.717, 1.165) is 11.3 Å². The van der Waals surface area contributed by atoms with Gasteiger partial charge in [-0.25, -0.2) is 0 Å². The van der Waals surface area contributed by atoms with Gasteiger partial charge in [-0.15, -0.1) is 0 Å². The number of phenolic OH excluding ortho intramolecular Hbond substituents is 1. The van der Waals surface area contributed by atoms with E-state index >= 15 is 0 Å². The fourth-order valence-corrected chi connectivity index (χ4v) is 1.51. The third-order valence-electron chi connectivity index (χ3n) is 2.51. The molecule has 0 aliphatic rings. The van der Waals surface area contributed by atoms with Crippen molar-refractivity contribution in [3.63, 3.8) is 0 Å². The molecule has 0 spiro atoms. The molecule has 0 saturated heterocycles. The normalized spacial score (nSPS) is 10.7. The smallest absolute Gasteiger partial charge is 0.159 e. The molecule has 18 heavy (non-hydrogen) atoms. The van der Waals surface area contributed by atoms with Gasteiger partial charge in [0.2, 0.25) is 0 Å². The van der Waals surface area contributed by atoms with Gasteiger partial charge in [0.25, 0.3) is 0 Å². The van der Waals surface area contributed by atoms with Crippen molar-refractivity contribution in [2.75, 3.05) is 0 Å². The predicted molar refractivity (Wildman–Crippen MR) is 71.8 cm³/mol. The molecule has 2 aromatic rings. The summed E-state index contributed by atoms with van der Waals surface area (Å²) in [6.07, 6.45) is 1.69. The summed E-state index contributed by atoms with van der Waals surface area (Å²) in [4.78, 5) is 15.5. The Morgan fingerprint density at radius 1 is 1.17 bits per heavy atom. The van der Waals surface area contributed by atoms with Crippen LogP contribution in [0.2, 0.25) is 0 Å². The number of carbonyl (C=O) groups excluding carboxylic acids is 1. The molecule has 0 amide bonds. The average Bonchev–Trinajstić information content (AvgIpc) is 2.38. The van der Waals surface area contributed by atoms with Gasteiger partial charge in [-0.2, -0.15) is 0 Å². The fourth-order valence-electron chi connectivity index (χ4n) is 1.51. The molecule has 1 N–H and O–H groups in total. The molecule has 2 rings (SSSR count). The number of Topliss-reactive ketones (excluding diaryl/α,β-unsaturated/α-hetero) is 1. The van der Waals surface area contributed by atoms with Crippen molar-refractivity contribution in [1.82, 2.24) is 0 Å². The number of ketones is 1. The summed E-state index contributed by atoms with van der Waals surface area (Å²) >= 11 is 0. The standard InChI is InChI=1S/C15H13NO2/c1-11(17)13-3-2-4-14(9-13)16-10-12-5-7-15(18)8-6-12/h2-10,18H,1H3. The molecule has 0 fully saturated rings. The molecule has 0 atom stereocenters. The summed E-state index contributed by atoms with van der Waals surface area (Å²) in [5.41, 5.74) is 2.27. The van der Waals surface area contributed by atoms with Gasteiger partial charge in [0, 0.05) is 11.8 Å². The van der Waals surface area contributed by atoms with Crippen molar-refractivity contribution in [3.05, 3.63) is 59.7 Å². The fraction of sp³-hybridized carbons (Fsp3) is 0.0667. The molecule has 0 aliphatic carbocycles. The third kappa shape index (κ3) is 3.04. The second kappa shape index (κ2) is 5.27. The highest BCUT2D eigenvalue weighted by Crippen LogP contribution is 2.15. The number of carbonyl (C=O) groups is 1. The Bertz CT molecular complexity index is 586. The molecule has 0 heterocycles. The van der Waals surface area contributed by atoms with E-state index in [2.05, 4.69) is 4.99 Å². The first-order valence-electron chi connectivity index (χ1n) is 5.59. The first kappa shape index (κ1) is 12.0. The van der Waals surface area contributed by atoms with Crippen LogP contribution < -0.4 is 0 Å². The lowest BCUT2D eigenvalue weighted by atomic mass is 10.1. The molecule has 2 aromatic carbocycles. The van der Waals surface area contributed by atoms with Gasteiger partial charge in [-0.1, -0.05) is 12.1 Å². The van der Waals surface area contributed by atoms with Crippen LogP contribution in [0.25, 0.3) is 0 Å². The molecular weight excluding hydrogens is 226 g/mol. The number of hydrogen-bond donors (Lipinski definition) is 1. The van der Waals surface area contributed by atoms with Crippen LogP contribution in [0.4, 0.5) is 5.69 Å². The summed E-state index contributed by atoms with van der Waals surface area (Å²) in [6, 6.07) is 13.9. The number of rotatable bonds is 3. The van der Waals surface area contributed by atoms with E-state index in [4.69, 9.17) is 5.11 Å². The lowest BCUT2D eigenvalue weighted by Crippen LogP contribution is -1.90. The van der Waals surface area contributed by atoms with Crippen molar-refractivity contribution in [3.8, 4) is 5.75 Å². The SMILES string of the molecule is CC(=O)c1cccc(N=Cc2ccc(O)cc2)c1. The van der Waals surface area contributed by atoms with Gasteiger partial charge in [0.1, 0.15) is 5.75 Å². The average molecular weight is 239 g/mol. The van der Waals surface area contributed by atoms with E-state index in [1.165, 1.54) is 6.92 Å². The zero-order chi connectivity index (χ0) is 13.0. The monoisotopic (exact) mass is 239 g/mol. The van der Waals surface area contributed by atoms with E-state index in [1.807, 2.05) is 6.07 Å². The summed E-state index contributed by atoms with van der Waals surface area (Å²) < 4.78 is 0. The summed E-state index contributed by atoms with van der Waals surface area (Å²) in [5, 5.41) is 9.16. The Morgan fingerprint density at radius 3 is 2.56 bits per heavy atom. The van der Waals surface area contributed by atoms with Gasteiger partial charge in [0.05, 0.1) is 5.69 Å². The van der Waals surface area contributed by atoms with Crippen LogP contribution in [0, 0.1) is 0 Å². The molecule has 0 bridgehead atoms. The molecule has 90 valence electrons. The highest BCUT2D eigenvalue weighted by molar-refractivity contribution is 5.95. The van der Waals surface area contributed by atoms with E-state index in [-0.39, 0.29) is 11.5 Å². The van der Waals surface area contributed by atoms with Crippen molar-refractivity contribution < 1.29 is 9.90 Å². The Labute approximate surface area is 105 Å². The quantitative estimate of drug-likeness (QED) is 0.659. The second-order valence-electron chi connectivity index (χ2n) is 3.96. The zero-order valence-corrected chi connectivity index (χ0v) is 10.00. The number of phenols is 1. The summed E-state index contributed by atoms with van der Waals surface area (Å²) in [6.45, 7) is 1.53. The van der Waals surface area contributed by atoms with E-state index in [9.17, 15) is 4.79 Å². The first-order chi connectivity index (χ1) is 8.65. The Hall–Kier alpha value is -2.42. The van der Waals surface area contributed by atoms with Crippen LogP contribution in [-0.2, 0) is 0 Å². The molecule has 0 radical (unpaired) electrons. The van der Waals surface area contributed by atoms with Crippen molar-refractivity contribution >= 4 is 17.7 Å². The molecule has 3 heteroatoms. The van der Waals surface area contributed by atoms with Crippen LogP contribution in [0.3, 0.4) is 0 Å². The summed E-state index contributed by atoms with van der Waals surface area (Å²) in [5.74, 6) is 0.252. The third-order valence-corrected chi connectivity index (χ3v) is 2.51. The van der Waals surface area contributed by atoms with Crippen molar-refractivity contribution in [2.45, 2.75) is 6.92 Å². The minimum Gasteiger partial charge on any atom is -0.508 e. The zero-order valence-electron chi connectivity index (χ0n) is 10.00. The minimum absolute atomic E-state index is 0.0247. The number of aliphatic imine (C=N–C) groups is 1. The van der Waals surface area contributed by atoms with Gasteiger partial charge < -0.3 is 5.11 Å². The number of nitrogens with zero attached hydrogens (tertiary/aromatic N) is 1. The number of benzene rings is 2. The second-order valence-corrected chi connectivity index (χ2v) is 3.96. The van der Waals surface area contributed by atoms with Crippen LogP contribution in [-0.4, -0.2) is 17.1 Å².